The van der Waals surface area contributed by atoms with Crippen molar-refractivity contribution < 1.29 is 49.0 Å². The number of hydrogen-bond acceptors (Lipinski definition) is 11. The summed E-state index contributed by atoms with van der Waals surface area (Å²) < 4.78 is 17.9. The van der Waals surface area contributed by atoms with E-state index in [1.54, 1.807) is 13.8 Å². The van der Waals surface area contributed by atoms with Gasteiger partial charge in [-0.1, -0.05) is 32.4 Å². The van der Waals surface area contributed by atoms with Gasteiger partial charge in [-0.25, -0.2) is 0 Å². The van der Waals surface area contributed by atoms with Crippen molar-refractivity contribution in [3.05, 3.63) is 51.6 Å². The fraction of sp³-hybridized carbons (Fsp3) is 0.516. The highest BCUT2D eigenvalue weighted by molar-refractivity contribution is 6.31. The van der Waals surface area contributed by atoms with Gasteiger partial charge in [0.15, 0.2) is 12.1 Å². The van der Waals surface area contributed by atoms with Gasteiger partial charge in [0, 0.05) is 48.4 Å². The van der Waals surface area contributed by atoms with Crippen LogP contribution < -0.4 is 5.73 Å². The molecule has 11 nitrogen and oxygen atoms in total. The fourth-order valence-electron chi connectivity index (χ4n) is 6.29. The molecule has 1 saturated heterocycles. The van der Waals surface area contributed by atoms with Crippen molar-refractivity contribution in [3.63, 3.8) is 0 Å². The lowest BCUT2D eigenvalue weighted by molar-refractivity contribution is -0.252. The molecule has 1 fully saturated rings. The first-order chi connectivity index (χ1) is 19.9. The van der Waals surface area contributed by atoms with Crippen LogP contribution in [0.25, 0.3) is 0 Å². The van der Waals surface area contributed by atoms with Gasteiger partial charge in [0.2, 0.25) is 5.78 Å². The molecule has 0 bridgehead atoms. The monoisotopic (exact) mass is 583 g/mol. The SMILES string of the molecule is CCCCC(=O)O[C@@H]1[C@H](C)O[C@@H](O[C@H]2C[C@](O)(CC)Cc3c(O)c4c(c(O)c32)C(=O)c2c(O)cccc2C4=O)C[C@@H]1N. The number of phenolic OH excluding ortho intramolecular Hbond substituents is 3. The number of hydrogen-bond donors (Lipinski definition) is 5. The number of phenols is 3. The van der Waals surface area contributed by atoms with Crippen LogP contribution in [0.2, 0.25) is 0 Å². The van der Waals surface area contributed by atoms with Crippen LogP contribution >= 0.6 is 0 Å². The molecule has 5 rings (SSSR count). The molecule has 6 N–H and O–H groups in total. The molecule has 3 aliphatic rings. The number of benzene rings is 2. The summed E-state index contributed by atoms with van der Waals surface area (Å²) in [6.07, 6.45) is -1.20. The molecule has 226 valence electrons. The highest BCUT2D eigenvalue weighted by Gasteiger charge is 2.47. The molecule has 1 aliphatic heterocycles. The summed E-state index contributed by atoms with van der Waals surface area (Å²) in [6, 6.07) is 3.41. The van der Waals surface area contributed by atoms with Crippen LogP contribution in [0.3, 0.4) is 0 Å². The Hall–Kier alpha value is -3.51. The normalized spacial score (nSPS) is 28.5. The predicted octanol–water partition coefficient (Wildman–Crippen LogP) is 3.29. The maximum absolute atomic E-state index is 13.5. The Kier molecular flexibility index (Phi) is 8.06. The van der Waals surface area contributed by atoms with E-state index in [0.717, 1.165) is 6.42 Å². The summed E-state index contributed by atoms with van der Waals surface area (Å²) in [4.78, 5) is 39.2. The number of ether oxygens (including phenoxy) is 3. The first-order valence-corrected chi connectivity index (χ1v) is 14.4. The molecule has 2 aliphatic carbocycles. The van der Waals surface area contributed by atoms with Crippen LogP contribution in [0.4, 0.5) is 0 Å². The van der Waals surface area contributed by atoms with E-state index in [4.69, 9.17) is 19.9 Å². The van der Waals surface area contributed by atoms with Gasteiger partial charge in [-0.05, 0) is 25.8 Å². The van der Waals surface area contributed by atoms with Crippen molar-refractivity contribution >= 4 is 17.5 Å². The lowest BCUT2D eigenvalue weighted by Crippen LogP contribution is -2.54. The summed E-state index contributed by atoms with van der Waals surface area (Å²) in [7, 11) is 0. The quantitative estimate of drug-likeness (QED) is 0.203. The minimum absolute atomic E-state index is 0.00876. The number of carbonyl (C=O) groups excluding carboxylic acids is 3. The van der Waals surface area contributed by atoms with E-state index in [1.807, 2.05) is 6.92 Å². The molecule has 0 spiro atoms. The zero-order valence-electron chi connectivity index (χ0n) is 23.9. The average Bonchev–Trinajstić information content (AvgIpc) is 2.94. The Morgan fingerprint density at radius 1 is 1.10 bits per heavy atom. The van der Waals surface area contributed by atoms with Gasteiger partial charge in [0.05, 0.1) is 34.5 Å². The second kappa shape index (κ2) is 11.3. The number of aliphatic hydroxyl groups is 1. The molecule has 0 unspecified atom stereocenters. The topological polar surface area (TPSA) is 186 Å². The van der Waals surface area contributed by atoms with Gasteiger partial charge >= 0.3 is 5.97 Å². The van der Waals surface area contributed by atoms with E-state index in [0.29, 0.717) is 6.42 Å². The van der Waals surface area contributed by atoms with Crippen LogP contribution in [0, 0.1) is 0 Å². The van der Waals surface area contributed by atoms with Gasteiger partial charge in [0.1, 0.15) is 23.4 Å². The molecule has 0 radical (unpaired) electrons. The molecule has 11 heteroatoms. The van der Waals surface area contributed by atoms with Gasteiger partial charge in [-0.2, -0.15) is 0 Å². The van der Waals surface area contributed by atoms with Crippen molar-refractivity contribution in [2.45, 2.75) is 102 Å². The Balaban J connectivity index is 1.50. The summed E-state index contributed by atoms with van der Waals surface area (Å²) in [6.45, 7) is 5.44. The van der Waals surface area contributed by atoms with Crippen molar-refractivity contribution in [1.29, 1.82) is 0 Å². The minimum atomic E-state index is -1.37. The van der Waals surface area contributed by atoms with Gasteiger partial charge in [-0.3, -0.25) is 14.4 Å². The van der Waals surface area contributed by atoms with Crippen LogP contribution in [0.1, 0.15) is 108 Å². The highest BCUT2D eigenvalue weighted by atomic mass is 16.7. The van der Waals surface area contributed by atoms with Crippen molar-refractivity contribution in [3.8, 4) is 17.2 Å². The Morgan fingerprint density at radius 2 is 1.81 bits per heavy atom. The summed E-state index contributed by atoms with van der Waals surface area (Å²) >= 11 is 0. The highest BCUT2D eigenvalue weighted by Crippen LogP contribution is 2.52. The zero-order valence-corrected chi connectivity index (χ0v) is 23.9. The third-order valence-corrected chi connectivity index (χ3v) is 8.64. The van der Waals surface area contributed by atoms with Crippen LogP contribution in [-0.4, -0.2) is 68.1 Å². The summed E-state index contributed by atoms with van der Waals surface area (Å²) in [5.41, 5.74) is 3.97. The van der Waals surface area contributed by atoms with E-state index in [9.17, 15) is 34.8 Å². The standard InChI is InChI=1S/C31H37NO10/c1-4-6-10-20(34)42-30-14(3)40-21(11-17(30)32)41-19-13-31(39,5-2)12-16-23(19)29(38)25-24(27(16)36)26(35)15-8-7-9-18(33)22(15)28(25)37/h7-9,14,17,19,21,30,33,36,38-39H,4-6,10-13,32H2,1-3H3/t14-,17-,19-,21-,30+,31-/m0/s1. The lowest BCUT2D eigenvalue weighted by atomic mass is 9.72. The second-order valence-electron chi connectivity index (χ2n) is 11.5. The fourth-order valence-corrected chi connectivity index (χ4v) is 6.29. The first kappa shape index (κ1) is 30.0. The number of esters is 1. The smallest absolute Gasteiger partial charge is 0.306 e. The Morgan fingerprint density at radius 3 is 2.48 bits per heavy atom. The van der Waals surface area contributed by atoms with Crippen molar-refractivity contribution in [2.75, 3.05) is 0 Å². The van der Waals surface area contributed by atoms with Crippen molar-refractivity contribution in [2.24, 2.45) is 5.73 Å². The molecule has 0 amide bonds. The average molecular weight is 584 g/mol. The molecule has 0 aromatic heterocycles. The molecule has 2 aromatic rings. The van der Waals surface area contributed by atoms with E-state index >= 15 is 0 Å². The maximum Gasteiger partial charge on any atom is 0.306 e. The predicted molar refractivity (Wildman–Crippen MR) is 148 cm³/mol. The number of aromatic hydroxyl groups is 3. The lowest BCUT2D eigenvalue weighted by Gasteiger charge is -2.43. The number of carbonyl (C=O) groups is 3. The molecule has 1 heterocycles. The van der Waals surface area contributed by atoms with Crippen LogP contribution in [-0.2, 0) is 25.4 Å². The third-order valence-electron chi connectivity index (χ3n) is 8.64. The molecule has 0 saturated carbocycles. The van der Waals surface area contributed by atoms with E-state index in [1.165, 1.54) is 18.2 Å². The number of nitrogens with two attached hydrogens (primary N) is 1. The molecule has 42 heavy (non-hydrogen) atoms. The zero-order chi connectivity index (χ0) is 30.5. The Labute approximate surface area is 243 Å². The molecular formula is C31H37NO10. The maximum atomic E-state index is 13.5. The van der Waals surface area contributed by atoms with Crippen LogP contribution in [0.5, 0.6) is 17.2 Å². The van der Waals surface area contributed by atoms with Gasteiger partial charge in [0.25, 0.3) is 0 Å². The second-order valence-corrected chi connectivity index (χ2v) is 11.5. The minimum Gasteiger partial charge on any atom is -0.507 e. The summed E-state index contributed by atoms with van der Waals surface area (Å²) in [5.74, 6) is -3.43. The summed E-state index contributed by atoms with van der Waals surface area (Å²) in [5, 5.41) is 44.7. The number of rotatable bonds is 7. The van der Waals surface area contributed by atoms with E-state index in [-0.39, 0.29) is 65.9 Å². The third kappa shape index (κ3) is 5.04. The number of ketones is 2. The largest absolute Gasteiger partial charge is 0.507 e. The first-order valence-electron chi connectivity index (χ1n) is 14.4. The van der Waals surface area contributed by atoms with E-state index in [2.05, 4.69) is 0 Å². The Bertz CT molecular complexity index is 1430. The van der Waals surface area contributed by atoms with Gasteiger partial charge < -0.3 is 40.4 Å². The van der Waals surface area contributed by atoms with E-state index < -0.39 is 70.6 Å². The van der Waals surface area contributed by atoms with Crippen LogP contribution in [0.15, 0.2) is 18.2 Å². The number of unbranched alkanes of at least 4 members (excludes halogenated alkanes) is 1. The van der Waals surface area contributed by atoms with Gasteiger partial charge in [-0.15, -0.1) is 0 Å². The molecule has 6 atom stereocenters. The molecular weight excluding hydrogens is 546 g/mol. The number of fused-ring (bicyclic) bond motifs is 3. The molecule has 2 aromatic carbocycles. The van der Waals surface area contributed by atoms with Crippen molar-refractivity contribution in [1.82, 2.24) is 0 Å².